The molecule has 31 heavy (non-hydrogen) atoms. The zero-order chi connectivity index (χ0) is 22.1. The summed E-state index contributed by atoms with van der Waals surface area (Å²) in [6.45, 7) is 0.510. The number of methoxy groups -OCH3 is 1. The molecule has 1 saturated heterocycles. The van der Waals surface area contributed by atoms with Crippen LogP contribution in [0, 0.1) is 0 Å². The van der Waals surface area contributed by atoms with Gasteiger partial charge in [-0.25, -0.2) is 8.42 Å². The number of sulfone groups is 1. The van der Waals surface area contributed by atoms with Crippen LogP contribution in [0.15, 0.2) is 84.9 Å². The van der Waals surface area contributed by atoms with Crippen molar-refractivity contribution in [1.29, 1.82) is 0 Å². The number of rotatable bonds is 7. The molecule has 1 N–H and O–H groups in total. The van der Waals surface area contributed by atoms with E-state index in [1.54, 1.807) is 31.4 Å². The Morgan fingerprint density at radius 3 is 1.74 bits per heavy atom. The first-order valence-corrected chi connectivity index (χ1v) is 12.2. The third kappa shape index (κ3) is 4.37. The lowest BCUT2D eigenvalue weighted by Crippen LogP contribution is -2.66. The second kappa shape index (κ2) is 8.46. The van der Waals surface area contributed by atoms with Crippen LogP contribution in [0.2, 0.25) is 0 Å². The van der Waals surface area contributed by atoms with Crippen LogP contribution in [-0.2, 0) is 9.84 Å². The van der Waals surface area contributed by atoms with Crippen molar-refractivity contribution < 1.29 is 18.3 Å². The molecule has 5 nitrogen and oxygen atoms in total. The van der Waals surface area contributed by atoms with Gasteiger partial charge in [0.05, 0.1) is 13.2 Å². The van der Waals surface area contributed by atoms with Crippen LogP contribution in [-0.4, -0.2) is 50.5 Å². The minimum Gasteiger partial charge on any atom is -0.497 e. The summed E-state index contributed by atoms with van der Waals surface area (Å²) in [7, 11) is -1.99. The Bertz CT molecular complexity index is 1070. The number of benzene rings is 3. The van der Waals surface area contributed by atoms with Crippen LogP contribution < -0.4 is 4.74 Å². The molecule has 0 radical (unpaired) electrons. The van der Waals surface area contributed by atoms with Gasteiger partial charge in [-0.05, 0) is 28.8 Å². The quantitative estimate of drug-likeness (QED) is 0.612. The van der Waals surface area contributed by atoms with Gasteiger partial charge in [-0.15, -0.1) is 0 Å². The topological polar surface area (TPSA) is 66.8 Å². The SMILES string of the molecule is COc1ccc(C(C2(O)CN(C(c3ccccc3)c3ccccc3)C2)S(C)(=O)=O)cc1. The van der Waals surface area contributed by atoms with E-state index in [1.807, 2.05) is 36.4 Å². The summed E-state index contributed by atoms with van der Waals surface area (Å²) in [6.07, 6.45) is 1.19. The van der Waals surface area contributed by atoms with Gasteiger partial charge in [0.15, 0.2) is 9.84 Å². The lowest BCUT2D eigenvalue weighted by atomic mass is 9.83. The third-order valence-corrected chi connectivity index (χ3v) is 7.45. The molecule has 1 fully saturated rings. The van der Waals surface area contributed by atoms with Gasteiger partial charge in [0.2, 0.25) is 0 Å². The number of hydrogen-bond acceptors (Lipinski definition) is 5. The fourth-order valence-electron chi connectivity index (χ4n) is 4.62. The van der Waals surface area contributed by atoms with Crippen LogP contribution in [0.4, 0.5) is 0 Å². The van der Waals surface area contributed by atoms with E-state index in [4.69, 9.17) is 4.74 Å². The van der Waals surface area contributed by atoms with Gasteiger partial charge in [-0.2, -0.15) is 0 Å². The van der Waals surface area contributed by atoms with Gasteiger partial charge in [-0.3, -0.25) is 4.90 Å². The third-order valence-electron chi connectivity index (χ3n) is 5.88. The molecule has 3 aromatic carbocycles. The number of ether oxygens (including phenoxy) is 1. The molecule has 0 spiro atoms. The number of likely N-dealkylation sites (tertiary alicyclic amines) is 1. The van der Waals surface area contributed by atoms with E-state index in [2.05, 4.69) is 29.2 Å². The molecule has 162 valence electrons. The van der Waals surface area contributed by atoms with Gasteiger partial charge < -0.3 is 9.84 Å². The summed E-state index contributed by atoms with van der Waals surface area (Å²) in [6, 6.07) is 27.0. The Hall–Kier alpha value is -2.67. The molecule has 0 bridgehead atoms. The standard InChI is InChI=1S/C25H27NO4S/c1-30-22-15-13-21(14-16-22)24(31(2,28)29)25(27)17-26(18-25)23(19-9-5-3-6-10-19)20-11-7-4-8-12-20/h3-16,23-24,27H,17-18H2,1-2H3. The molecule has 0 saturated carbocycles. The van der Waals surface area contributed by atoms with Crippen LogP contribution in [0.25, 0.3) is 0 Å². The highest BCUT2D eigenvalue weighted by Gasteiger charge is 2.54. The van der Waals surface area contributed by atoms with Crippen molar-refractivity contribution in [1.82, 2.24) is 4.90 Å². The molecular weight excluding hydrogens is 410 g/mol. The van der Waals surface area contributed by atoms with Gasteiger partial charge >= 0.3 is 0 Å². The zero-order valence-corrected chi connectivity index (χ0v) is 18.5. The maximum atomic E-state index is 12.7. The Morgan fingerprint density at radius 1 is 0.839 bits per heavy atom. The first-order chi connectivity index (χ1) is 14.8. The average molecular weight is 438 g/mol. The van der Waals surface area contributed by atoms with E-state index in [1.165, 1.54) is 6.26 Å². The van der Waals surface area contributed by atoms with Gasteiger partial charge in [0.25, 0.3) is 0 Å². The maximum Gasteiger partial charge on any atom is 0.157 e. The first kappa shape index (κ1) is 21.6. The fourth-order valence-corrected chi connectivity index (χ4v) is 6.22. The summed E-state index contributed by atoms with van der Waals surface area (Å²) < 4.78 is 30.7. The van der Waals surface area contributed by atoms with Crippen LogP contribution >= 0.6 is 0 Å². The van der Waals surface area contributed by atoms with Crippen LogP contribution in [0.5, 0.6) is 5.75 Å². The second-order valence-electron chi connectivity index (χ2n) is 8.22. The summed E-state index contributed by atoms with van der Waals surface area (Å²) in [5.41, 5.74) is 1.41. The van der Waals surface area contributed by atoms with Gasteiger partial charge in [0, 0.05) is 19.3 Å². The van der Waals surface area contributed by atoms with Crippen molar-refractivity contribution in [3.8, 4) is 5.75 Å². The molecule has 1 aliphatic rings. The van der Waals surface area contributed by atoms with Crippen molar-refractivity contribution in [3.63, 3.8) is 0 Å². The van der Waals surface area contributed by atoms with Crippen molar-refractivity contribution in [2.24, 2.45) is 0 Å². The average Bonchev–Trinajstić information content (AvgIpc) is 2.74. The highest BCUT2D eigenvalue weighted by Crippen LogP contribution is 2.44. The second-order valence-corrected chi connectivity index (χ2v) is 10.3. The molecule has 1 atom stereocenters. The number of β-amino-alcohol motifs (C(OH)–C–C–N with tert-alkyl or cyclic N) is 1. The predicted octanol–water partition coefficient (Wildman–Crippen LogP) is 3.62. The molecule has 4 rings (SSSR count). The monoisotopic (exact) mass is 437 g/mol. The molecule has 1 aliphatic heterocycles. The minimum atomic E-state index is -3.55. The first-order valence-electron chi connectivity index (χ1n) is 10.2. The molecule has 3 aromatic rings. The van der Waals surface area contributed by atoms with E-state index in [9.17, 15) is 13.5 Å². The van der Waals surface area contributed by atoms with Crippen LogP contribution in [0.1, 0.15) is 28.0 Å². The molecule has 6 heteroatoms. The fraction of sp³-hybridized carbons (Fsp3) is 0.280. The normalized spacial score (nSPS) is 17.2. The Labute approximate surface area is 183 Å². The van der Waals surface area contributed by atoms with Crippen molar-refractivity contribution >= 4 is 9.84 Å². The minimum absolute atomic E-state index is 0.0567. The summed E-state index contributed by atoms with van der Waals surface area (Å²) in [5.74, 6) is 0.645. The van der Waals surface area contributed by atoms with Crippen LogP contribution in [0.3, 0.4) is 0 Å². The lowest BCUT2D eigenvalue weighted by molar-refractivity contribution is -0.112. The van der Waals surface area contributed by atoms with Crippen molar-refractivity contribution in [2.45, 2.75) is 16.9 Å². The zero-order valence-electron chi connectivity index (χ0n) is 17.7. The highest BCUT2D eigenvalue weighted by molar-refractivity contribution is 7.91. The van der Waals surface area contributed by atoms with Crippen molar-refractivity contribution in [3.05, 3.63) is 102 Å². The maximum absolute atomic E-state index is 12.7. The Kier molecular flexibility index (Phi) is 5.88. The summed E-state index contributed by atoms with van der Waals surface area (Å²) in [5, 5.41) is 10.4. The highest BCUT2D eigenvalue weighted by atomic mass is 32.2. The summed E-state index contributed by atoms with van der Waals surface area (Å²) >= 11 is 0. The van der Waals surface area contributed by atoms with E-state index in [0.29, 0.717) is 11.3 Å². The van der Waals surface area contributed by atoms with E-state index >= 15 is 0 Å². The number of hydrogen-bond donors (Lipinski definition) is 1. The smallest absolute Gasteiger partial charge is 0.157 e. The van der Waals surface area contributed by atoms with Gasteiger partial charge in [0.1, 0.15) is 16.6 Å². The van der Waals surface area contributed by atoms with E-state index < -0.39 is 20.7 Å². The Balaban J connectivity index is 1.65. The largest absolute Gasteiger partial charge is 0.497 e. The van der Waals surface area contributed by atoms with Crippen molar-refractivity contribution in [2.75, 3.05) is 26.5 Å². The molecule has 1 unspecified atom stereocenters. The molecule has 1 heterocycles. The molecule has 0 aromatic heterocycles. The number of nitrogens with zero attached hydrogens (tertiary/aromatic N) is 1. The number of aliphatic hydroxyl groups is 1. The van der Waals surface area contributed by atoms with E-state index in [0.717, 1.165) is 11.1 Å². The predicted molar refractivity (Wildman–Crippen MR) is 122 cm³/mol. The summed E-state index contributed by atoms with van der Waals surface area (Å²) in [4.78, 5) is 2.13. The van der Waals surface area contributed by atoms with E-state index in [-0.39, 0.29) is 19.1 Å². The Morgan fingerprint density at radius 2 is 1.32 bits per heavy atom. The van der Waals surface area contributed by atoms with Gasteiger partial charge in [-0.1, -0.05) is 72.8 Å². The lowest BCUT2D eigenvalue weighted by Gasteiger charge is -2.53. The molecule has 0 amide bonds. The molecular formula is C25H27NO4S. The molecule has 0 aliphatic carbocycles.